The Balaban J connectivity index is 1.57. The van der Waals surface area contributed by atoms with Crippen molar-refractivity contribution in [3.05, 3.63) is 87.9 Å². The number of rotatable bonds is 4. The van der Waals surface area contributed by atoms with Gasteiger partial charge in [-0.1, -0.05) is 42.5 Å². The van der Waals surface area contributed by atoms with Crippen LogP contribution in [0.4, 0.5) is 0 Å². The molecule has 0 fully saturated rings. The summed E-state index contributed by atoms with van der Waals surface area (Å²) in [5.74, 6) is -1.49. The van der Waals surface area contributed by atoms with Gasteiger partial charge in [-0.3, -0.25) is 9.59 Å². The van der Waals surface area contributed by atoms with Gasteiger partial charge in [0, 0.05) is 21.2 Å². The third-order valence-electron chi connectivity index (χ3n) is 4.27. The minimum absolute atomic E-state index is 0.0931. The van der Waals surface area contributed by atoms with Crippen molar-refractivity contribution in [2.45, 2.75) is 6.54 Å². The average molecular weight is 363 g/mol. The van der Waals surface area contributed by atoms with Crippen molar-refractivity contribution in [1.82, 2.24) is 9.78 Å². The van der Waals surface area contributed by atoms with Crippen LogP contribution < -0.4 is 4.96 Å². The van der Waals surface area contributed by atoms with Crippen molar-refractivity contribution >= 4 is 17.5 Å². The van der Waals surface area contributed by atoms with Crippen molar-refractivity contribution in [2.24, 2.45) is 0 Å². The van der Waals surface area contributed by atoms with Crippen molar-refractivity contribution < 1.29 is 24.1 Å². The Morgan fingerprint density at radius 1 is 1.00 bits per heavy atom. The molecule has 3 aromatic rings. The maximum atomic E-state index is 12.7. The van der Waals surface area contributed by atoms with E-state index in [1.807, 2.05) is 0 Å². The summed E-state index contributed by atoms with van der Waals surface area (Å²) in [7, 11) is 0. The lowest BCUT2D eigenvalue weighted by molar-refractivity contribution is -0.749. The van der Waals surface area contributed by atoms with E-state index in [2.05, 4.69) is 5.10 Å². The molecule has 0 saturated heterocycles. The van der Waals surface area contributed by atoms with Crippen LogP contribution in [0.2, 0.25) is 0 Å². The van der Waals surface area contributed by atoms with Gasteiger partial charge in [0.15, 0.2) is 5.69 Å². The Morgan fingerprint density at radius 3 is 2.33 bits per heavy atom. The summed E-state index contributed by atoms with van der Waals surface area (Å²) < 4.78 is 6.15. The Bertz CT molecular complexity index is 1070. The molecule has 134 valence electrons. The Kier molecular flexibility index (Phi) is 4.00. The van der Waals surface area contributed by atoms with Crippen LogP contribution in [0.15, 0.2) is 54.6 Å². The zero-order chi connectivity index (χ0) is 19.0. The Labute approximate surface area is 153 Å². The molecule has 1 heterocycles. The third kappa shape index (κ3) is 2.77. The van der Waals surface area contributed by atoms with Crippen LogP contribution in [0.3, 0.4) is 0 Å². The maximum Gasteiger partial charge on any atom is 0.338 e. The van der Waals surface area contributed by atoms with Gasteiger partial charge < -0.3 is 9.94 Å². The maximum absolute atomic E-state index is 12.7. The number of benzene rings is 2. The molecule has 0 N–H and O–H groups in total. The number of carbonyl (C=O) groups is 3. The van der Waals surface area contributed by atoms with Gasteiger partial charge in [-0.2, -0.15) is 0 Å². The van der Waals surface area contributed by atoms with E-state index in [1.54, 1.807) is 42.5 Å². The first-order valence-electron chi connectivity index (χ1n) is 8.19. The van der Waals surface area contributed by atoms with E-state index in [1.165, 1.54) is 12.1 Å². The molecule has 0 bridgehead atoms. The second-order valence-corrected chi connectivity index (χ2v) is 5.88. The molecule has 0 saturated carbocycles. The van der Waals surface area contributed by atoms with Crippen LogP contribution in [-0.2, 0) is 11.3 Å². The summed E-state index contributed by atoms with van der Waals surface area (Å²) in [6.45, 7) is -0.256. The topological polar surface area (TPSA) is 105 Å². The molecule has 0 amide bonds. The molecule has 27 heavy (non-hydrogen) atoms. The van der Waals surface area contributed by atoms with Gasteiger partial charge in [-0.05, 0) is 12.1 Å². The van der Waals surface area contributed by atoms with Crippen LogP contribution in [-0.4, -0.2) is 33.9 Å². The molecular formula is C19H13N3O5. The molecule has 4 rings (SSSR count). The fourth-order valence-electron chi connectivity index (χ4n) is 2.99. The van der Waals surface area contributed by atoms with Gasteiger partial charge in [-0.15, -0.1) is 4.68 Å². The molecule has 0 radical (unpaired) electrons. The molecule has 0 aliphatic heterocycles. The van der Waals surface area contributed by atoms with E-state index in [0.29, 0.717) is 5.56 Å². The average Bonchev–Trinajstić information content (AvgIpc) is 3.03. The predicted octanol–water partition coefficient (Wildman–Crippen LogP) is 1.15. The van der Waals surface area contributed by atoms with Crippen LogP contribution >= 0.6 is 0 Å². The first-order chi connectivity index (χ1) is 13.1. The monoisotopic (exact) mass is 363 g/mol. The SMILES string of the molecule is O=C(OCCn1c2c(n[n+]1[O-])C(=O)c1ccccc1C2=O)c1ccccc1. The van der Waals surface area contributed by atoms with Gasteiger partial charge >= 0.3 is 5.97 Å². The highest BCUT2D eigenvalue weighted by atomic mass is 16.5. The van der Waals surface area contributed by atoms with Crippen molar-refractivity contribution in [2.75, 3.05) is 6.61 Å². The summed E-state index contributed by atoms with van der Waals surface area (Å²) in [6, 6.07) is 14.7. The Hall–Kier alpha value is -3.81. The summed E-state index contributed by atoms with van der Waals surface area (Å²) in [5.41, 5.74) is 0.529. The first-order valence-corrected chi connectivity index (χ1v) is 8.19. The van der Waals surface area contributed by atoms with E-state index in [0.717, 1.165) is 4.68 Å². The summed E-state index contributed by atoms with van der Waals surface area (Å²) >= 11 is 0. The highest BCUT2D eigenvalue weighted by Gasteiger charge is 2.39. The lowest BCUT2D eigenvalue weighted by Gasteiger charge is -2.12. The smallest absolute Gasteiger partial charge is 0.338 e. The second-order valence-electron chi connectivity index (χ2n) is 5.88. The summed E-state index contributed by atoms with van der Waals surface area (Å²) in [6.07, 6.45) is 0. The number of hydrogen-bond acceptors (Lipinski definition) is 6. The van der Waals surface area contributed by atoms with E-state index in [4.69, 9.17) is 4.74 Å². The van der Waals surface area contributed by atoms with E-state index in [-0.39, 0.29) is 40.6 Å². The van der Waals surface area contributed by atoms with Gasteiger partial charge in [0.05, 0.1) is 5.56 Å². The van der Waals surface area contributed by atoms with E-state index >= 15 is 0 Å². The van der Waals surface area contributed by atoms with Crippen LogP contribution in [0.25, 0.3) is 0 Å². The van der Waals surface area contributed by atoms with Crippen LogP contribution in [0.5, 0.6) is 0 Å². The van der Waals surface area contributed by atoms with E-state index in [9.17, 15) is 19.6 Å². The molecule has 0 unspecified atom stereocenters. The molecule has 2 aromatic carbocycles. The van der Waals surface area contributed by atoms with Crippen molar-refractivity contribution in [3.63, 3.8) is 0 Å². The fraction of sp³-hybridized carbons (Fsp3) is 0.105. The van der Waals surface area contributed by atoms with Gasteiger partial charge in [0.25, 0.3) is 0 Å². The molecule has 0 spiro atoms. The number of nitrogens with zero attached hydrogens (tertiary/aromatic N) is 3. The normalized spacial score (nSPS) is 12.4. The highest BCUT2D eigenvalue weighted by Crippen LogP contribution is 2.25. The lowest BCUT2D eigenvalue weighted by atomic mass is 9.90. The van der Waals surface area contributed by atoms with Gasteiger partial charge in [-0.25, -0.2) is 4.79 Å². The molecule has 1 aliphatic rings. The highest BCUT2D eigenvalue weighted by molar-refractivity contribution is 6.26. The number of hydrogen-bond donors (Lipinski definition) is 0. The fourth-order valence-corrected chi connectivity index (χ4v) is 2.99. The predicted molar refractivity (Wildman–Crippen MR) is 91.2 cm³/mol. The minimum atomic E-state index is -0.546. The molecule has 0 atom stereocenters. The number of ketones is 2. The van der Waals surface area contributed by atoms with Crippen LogP contribution in [0, 0.1) is 5.21 Å². The molecular weight excluding hydrogens is 350 g/mol. The number of fused-ring (bicyclic) bond motifs is 2. The zero-order valence-electron chi connectivity index (χ0n) is 14.0. The number of esters is 1. The van der Waals surface area contributed by atoms with E-state index < -0.39 is 17.5 Å². The largest absolute Gasteiger partial charge is 0.571 e. The third-order valence-corrected chi connectivity index (χ3v) is 4.27. The first kappa shape index (κ1) is 16.6. The quantitative estimate of drug-likeness (QED) is 0.306. The standard InChI is InChI=1S/C19H13N3O5/c23-17-13-8-4-5-9-14(13)18(24)16-15(17)20-22(26)21(16)10-11-27-19(25)12-6-2-1-3-7-12/h1-9H,10-11H2. The Morgan fingerprint density at radius 2 is 1.63 bits per heavy atom. The number of aromatic nitrogens is 3. The molecule has 1 aromatic heterocycles. The van der Waals surface area contributed by atoms with Crippen molar-refractivity contribution in [1.29, 1.82) is 0 Å². The molecule has 8 heteroatoms. The summed E-state index contributed by atoms with van der Waals surface area (Å²) in [5, 5.41) is 15.8. The minimum Gasteiger partial charge on any atom is -0.571 e. The lowest BCUT2D eigenvalue weighted by Crippen LogP contribution is -2.42. The van der Waals surface area contributed by atoms with Crippen molar-refractivity contribution in [3.8, 4) is 0 Å². The van der Waals surface area contributed by atoms with Gasteiger partial charge in [0.2, 0.25) is 17.3 Å². The second kappa shape index (κ2) is 6.49. The number of carbonyl (C=O) groups excluding carboxylic acids is 3. The zero-order valence-corrected chi connectivity index (χ0v) is 14.0. The van der Waals surface area contributed by atoms with Gasteiger partial charge in [0.1, 0.15) is 13.2 Å². The molecule has 1 aliphatic carbocycles. The number of ether oxygens (including phenoxy) is 1. The molecule has 8 nitrogen and oxygen atoms in total. The summed E-state index contributed by atoms with van der Waals surface area (Å²) in [4.78, 5) is 37.4. The van der Waals surface area contributed by atoms with Crippen LogP contribution in [0.1, 0.15) is 42.5 Å².